The first-order valence-electron chi connectivity index (χ1n) is 36.8. The van der Waals surface area contributed by atoms with Crippen LogP contribution in [-0.2, 0) is 92.6 Å². The number of rotatable bonds is 52. The first-order valence-corrected chi connectivity index (χ1v) is 36.8. The molecule has 0 bridgehead atoms. The molecule has 0 aliphatic carbocycles. The zero-order valence-corrected chi connectivity index (χ0v) is 62.6. The maximum atomic E-state index is 14.5. The van der Waals surface area contributed by atoms with Crippen molar-refractivity contribution in [3.63, 3.8) is 0 Å². The number of hydrogen-bond donors (Lipinski definition) is 23. The fraction of sp³-hybridized carbons (Fsp3) is 0.681. The normalized spacial score (nSPS) is 19.9. The van der Waals surface area contributed by atoms with Crippen molar-refractivity contribution in [1.82, 2.24) is 63.4 Å². The van der Waals surface area contributed by atoms with Gasteiger partial charge in [-0.25, -0.2) is 4.79 Å². The fourth-order valence-electron chi connectivity index (χ4n) is 11.7. The zero-order valence-electron chi connectivity index (χ0n) is 62.6. The number of carbonyl (C=O) groups is 16. The average molecular weight is 1580 g/mol. The van der Waals surface area contributed by atoms with Crippen LogP contribution in [0.5, 0.6) is 0 Å². The van der Waals surface area contributed by atoms with Crippen molar-refractivity contribution in [3.05, 3.63) is 35.9 Å². The first kappa shape index (κ1) is 95.5. The van der Waals surface area contributed by atoms with Crippen molar-refractivity contribution in [3.8, 4) is 0 Å². The second kappa shape index (κ2) is 49.6. The molecule has 111 heavy (non-hydrogen) atoms. The molecule has 624 valence electrons. The van der Waals surface area contributed by atoms with E-state index in [4.69, 9.17) is 32.4 Å². The number of aliphatic hydroxyl groups is 5. The van der Waals surface area contributed by atoms with Gasteiger partial charge < -0.3 is 137 Å². The van der Waals surface area contributed by atoms with Gasteiger partial charge in [-0.05, 0) is 109 Å². The van der Waals surface area contributed by atoms with Crippen LogP contribution in [0.4, 0.5) is 0 Å². The van der Waals surface area contributed by atoms with Crippen LogP contribution < -0.4 is 81.4 Å². The van der Waals surface area contributed by atoms with E-state index < -0.39 is 251 Å². The summed E-state index contributed by atoms with van der Waals surface area (Å²) in [7, 11) is 0. The molecule has 0 radical (unpaired) electrons. The number of carboxylic acid groups (broad SMARTS) is 3. The van der Waals surface area contributed by atoms with E-state index in [1.54, 1.807) is 37.3 Å². The summed E-state index contributed by atoms with van der Waals surface area (Å²) >= 11 is 0. The van der Waals surface area contributed by atoms with Crippen LogP contribution in [0.3, 0.4) is 0 Å². The van der Waals surface area contributed by atoms with Crippen LogP contribution in [0.1, 0.15) is 142 Å². The quantitative estimate of drug-likeness (QED) is 0.0269. The van der Waals surface area contributed by atoms with E-state index in [0.29, 0.717) is 24.8 Å². The molecule has 42 nitrogen and oxygen atoms in total. The van der Waals surface area contributed by atoms with Gasteiger partial charge in [-0.15, -0.1) is 0 Å². The smallest absolute Gasteiger partial charge is 0.328 e. The zero-order chi connectivity index (χ0) is 83.2. The molecule has 27 N–H and O–H groups in total. The van der Waals surface area contributed by atoms with E-state index in [2.05, 4.69) is 53.2 Å². The minimum atomic E-state index is -1.87. The Hall–Kier alpha value is -9.66. The molecular formula is C69H112N16O26. The topological polar surface area (TPSA) is 693 Å². The van der Waals surface area contributed by atoms with Gasteiger partial charge >= 0.3 is 17.9 Å². The molecule has 1 aromatic carbocycles. The fourth-order valence-corrected chi connectivity index (χ4v) is 11.7. The van der Waals surface area contributed by atoms with Crippen LogP contribution in [0.2, 0.25) is 0 Å². The Bertz CT molecular complexity index is 3290. The summed E-state index contributed by atoms with van der Waals surface area (Å²) in [5.74, 6) is -16.8. The number of nitrogens with one attached hydrogen (secondary N) is 11. The van der Waals surface area contributed by atoms with Crippen LogP contribution in [0, 0.1) is 5.92 Å². The van der Waals surface area contributed by atoms with E-state index in [-0.39, 0.29) is 95.3 Å². The van der Waals surface area contributed by atoms with Crippen molar-refractivity contribution in [1.29, 1.82) is 0 Å². The summed E-state index contributed by atoms with van der Waals surface area (Å²) < 4.78 is 11.3. The number of nitrogens with two attached hydrogens (primary N) is 4. The second-order valence-corrected chi connectivity index (χ2v) is 27.3. The molecule has 0 unspecified atom stereocenters. The molecule has 3 rings (SSSR count). The number of unbranched alkanes of at least 4 members (excludes halogenated alkanes) is 1. The third-order valence-corrected chi connectivity index (χ3v) is 18.4. The molecule has 0 spiro atoms. The SMILES string of the molecule is CC[C@H](C)[C@H](N)C(=O)N[C@@H](C)CCCC(=O)N[C@@H](Cc1ccccc1)C(=O)N[C@@H](CC[C@H](CN)O[C@@H]1O[C@H](CO)[C@H](O)[C@H](O)[C@H]1O)C(=O)NCC(=O)N[C@@H](CCC(=O)O)C(=O)N[C@@H](CCC(N)=O)C(=O)NCC(=O)N1CCC[C@H]1C(=O)N[C@@H](CCCCN)C(=O)NCC(=O)N[C@@H](CCC(=O)O)C(=O)N[C@H](C(=O)O)[C@@H](C)O. The van der Waals surface area contributed by atoms with Gasteiger partial charge in [0.15, 0.2) is 12.3 Å². The number of benzene rings is 1. The molecule has 2 aliphatic heterocycles. The van der Waals surface area contributed by atoms with E-state index in [0.717, 1.165) is 11.8 Å². The number of carboxylic acids is 3. The van der Waals surface area contributed by atoms with Gasteiger partial charge in [0.2, 0.25) is 76.8 Å². The Labute approximate surface area is 640 Å². The molecule has 1 aromatic rings. The van der Waals surface area contributed by atoms with E-state index >= 15 is 0 Å². The summed E-state index contributed by atoms with van der Waals surface area (Å²) in [6.45, 7) is 2.84. The van der Waals surface area contributed by atoms with Crippen LogP contribution in [0.15, 0.2) is 30.3 Å². The van der Waals surface area contributed by atoms with Crippen molar-refractivity contribution in [2.45, 2.75) is 247 Å². The molecular weight excluding hydrogens is 1470 g/mol. The highest BCUT2D eigenvalue weighted by molar-refractivity contribution is 5.98. The molecule has 2 heterocycles. The first-order chi connectivity index (χ1) is 52.4. The van der Waals surface area contributed by atoms with Crippen molar-refractivity contribution >= 4 is 94.7 Å². The summed E-state index contributed by atoms with van der Waals surface area (Å²) in [4.78, 5) is 212. The lowest BCUT2D eigenvalue weighted by Crippen LogP contribution is -2.60. The lowest BCUT2D eigenvalue weighted by atomic mass is 9.99. The maximum absolute atomic E-state index is 14.5. The molecule has 18 atom stereocenters. The standard InChI is InChI=1S/C69H112N16O26/c1-5-35(2)55(73)67(107)77-36(3)13-11-18-49(89)80-45(29-38-14-7-6-8-15-38)65(105)82-41(20-19-39(30-71)110-69-59(99)58(98)57(97)47(34-86)111-69)61(101)75-32-50(90)78-43(22-25-53(93)94)63(103)81-42(21-24-48(72)88)62(102)76-33-52(92)85-28-12-17-46(85)66(106)83-40(16-9-10-27-70)60(100)74-31-51(91)79-44(23-26-54(95)96)64(104)84-56(37(4)87)68(108)109/h6-8,14-15,35-37,39-47,55-59,69,86-87,97-99H,5,9-13,16-34,70-71,73H2,1-4H3,(H2,72,88)(H,74,100)(H,75,101)(H,76,102)(H,77,107)(H,78,90)(H,79,91)(H,80,89)(H,81,103)(H,82,105)(H,83,106)(H,84,104)(H,93,94)(H,95,96)(H,108,109)/t35-,36-,37+,39+,40-,41-,42-,43-,44-,45-,46-,47+,55-,56-,57-,58-,59+,69+/m0/s1. The minimum Gasteiger partial charge on any atom is -0.481 e. The average Bonchev–Trinajstić information content (AvgIpc) is 1.82. The van der Waals surface area contributed by atoms with Gasteiger partial charge in [-0.1, -0.05) is 50.6 Å². The van der Waals surface area contributed by atoms with Crippen LogP contribution >= 0.6 is 0 Å². The van der Waals surface area contributed by atoms with Gasteiger partial charge in [-0.3, -0.25) is 71.9 Å². The molecule has 0 aromatic heterocycles. The van der Waals surface area contributed by atoms with E-state index in [1.807, 2.05) is 19.2 Å². The molecule has 13 amide bonds. The van der Waals surface area contributed by atoms with Gasteiger partial charge in [0.25, 0.3) is 0 Å². The van der Waals surface area contributed by atoms with Gasteiger partial charge in [-0.2, -0.15) is 0 Å². The highest BCUT2D eigenvalue weighted by atomic mass is 16.7. The van der Waals surface area contributed by atoms with Gasteiger partial charge in [0.1, 0.15) is 66.7 Å². The Morgan fingerprint density at radius 2 is 1.09 bits per heavy atom. The predicted octanol–water partition coefficient (Wildman–Crippen LogP) is -8.48. The Balaban J connectivity index is 1.82. The van der Waals surface area contributed by atoms with Crippen molar-refractivity contribution < 1.29 is 127 Å². The molecule has 2 aliphatic rings. The highest BCUT2D eigenvalue weighted by Gasteiger charge is 2.45. The number of aliphatic hydroxyl groups excluding tert-OH is 5. The monoisotopic (exact) mass is 1580 g/mol. The van der Waals surface area contributed by atoms with Crippen molar-refractivity contribution in [2.75, 3.05) is 45.9 Å². The van der Waals surface area contributed by atoms with Crippen LogP contribution in [0.25, 0.3) is 0 Å². The summed E-state index contributed by atoms with van der Waals surface area (Å²) in [5.41, 5.74) is 23.8. The highest BCUT2D eigenvalue weighted by Crippen LogP contribution is 2.25. The third-order valence-electron chi connectivity index (χ3n) is 18.4. The summed E-state index contributed by atoms with van der Waals surface area (Å²) in [6, 6.07) is -5.36. The van der Waals surface area contributed by atoms with Crippen LogP contribution in [-0.4, -0.2) is 290 Å². The Morgan fingerprint density at radius 3 is 1.61 bits per heavy atom. The number of hydrogen-bond acceptors (Lipinski definition) is 26. The summed E-state index contributed by atoms with van der Waals surface area (Å²) in [6.07, 6.45) is -13.8. The number of nitrogens with zero attached hydrogens (tertiary/aromatic N) is 1. The maximum Gasteiger partial charge on any atom is 0.328 e. The third kappa shape index (κ3) is 34.2. The number of amides is 13. The predicted molar refractivity (Wildman–Crippen MR) is 388 cm³/mol. The number of likely N-dealkylation sites (tertiary alicyclic amines) is 1. The lowest BCUT2D eigenvalue weighted by Gasteiger charge is -2.40. The van der Waals surface area contributed by atoms with Gasteiger partial charge in [0, 0.05) is 51.2 Å². The number of aliphatic carboxylic acids is 3. The Kier molecular flexibility index (Phi) is 42.7. The molecule has 2 fully saturated rings. The molecule has 2 saturated heterocycles. The lowest BCUT2D eigenvalue weighted by molar-refractivity contribution is -0.310. The molecule has 0 saturated carbocycles. The van der Waals surface area contributed by atoms with E-state index in [9.17, 15) is 118 Å². The number of carbonyl (C=O) groups excluding carboxylic acids is 13. The number of primary amides is 1. The van der Waals surface area contributed by atoms with Gasteiger partial charge in [0.05, 0.1) is 44.5 Å². The Morgan fingerprint density at radius 1 is 0.568 bits per heavy atom. The van der Waals surface area contributed by atoms with Crippen molar-refractivity contribution in [2.24, 2.45) is 28.9 Å². The summed E-state index contributed by atoms with van der Waals surface area (Å²) in [5, 5.41) is 106. The second-order valence-electron chi connectivity index (χ2n) is 27.3. The minimum absolute atomic E-state index is 0.0461. The number of ether oxygens (including phenoxy) is 2. The van der Waals surface area contributed by atoms with E-state index in [1.165, 1.54) is 0 Å². The molecule has 42 heteroatoms. The largest absolute Gasteiger partial charge is 0.481 e.